The van der Waals surface area contributed by atoms with Gasteiger partial charge in [0.2, 0.25) is 5.95 Å². The average molecular weight is 487 g/mol. The van der Waals surface area contributed by atoms with Gasteiger partial charge >= 0.3 is 0 Å². The van der Waals surface area contributed by atoms with E-state index < -0.39 is 0 Å². The van der Waals surface area contributed by atoms with Crippen molar-refractivity contribution < 1.29 is 0 Å². The largest absolute Gasteiger partial charge is 0.324 e. The molecular weight excluding hydrogens is 456 g/mol. The molecule has 4 heterocycles. The molecule has 1 aliphatic rings. The molecule has 2 N–H and O–H groups in total. The summed E-state index contributed by atoms with van der Waals surface area (Å²) < 4.78 is 4.49. The molecule has 186 valence electrons. The Balaban J connectivity index is 1.63. The van der Waals surface area contributed by atoms with Crippen LogP contribution in [0.25, 0.3) is 16.9 Å². The highest BCUT2D eigenvalue weighted by atomic mass is 16.1. The van der Waals surface area contributed by atoms with Gasteiger partial charge < -0.3 is 10.6 Å². The SMILES string of the molecule is C=CCn1c(=O)c2cnc(Nc3ccc4c(c3)C(C)(C)CNC4)nc2n1-c1ccc(=O)n(C(C)C)n1. The van der Waals surface area contributed by atoms with Crippen LogP contribution in [0.4, 0.5) is 11.6 Å². The maximum absolute atomic E-state index is 13.2. The Hall–Kier alpha value is -4.05. The topological polar surface area (TPSA) is 112 Å². The van der Waals surface area contributed by atoms with E-state index in [1.54, 1.807) is 16.8 Å². The fourth-order valence-corrected chi connectivity index (χ4v) is 4.68. The van der Waals surface area contributed by atoms with Crippen LogP contribution in [0.15, 0.2) is 58.8 Å². The van der Waals surface area contributed by atoms with Crippen LogP contribution in [0, 0.1) is 0 Å². The zero-order chi connectivity index (χ0) is 25.6. The molecule has 1 aliphatic heterocycles. The van der Waals surface area contributed by atoms with Gasteiger partial charge in [0.1, 0.15) is 5.39 Å². The van der Waals surface area contributed by atoms with E-state index in [-0.39, 0.29) is 29.1 Å². The summed E-state index contributed by atoms with van der Waals surface area (Å²) >= 11 is 0. The number of rotatable bonds is 6. The lowest BCUT2D eigenvalue weighted by Gasteiger charge is -2.33. The molecule has 4 aromatic rings. The number of fused-ring (bicyclic) bond motifs is 2. The maximum atomic E-state index is 13.2. The molecule has 1 aromatic carbocycles. The molecule has 0 unspecified atom stereocenters. The third-order valence-electron chi connectivity index (χ3n) is 6.47. The zero-order valence-electron chi connectivity index (χ0n) is 20.9. The van der Waals surface area contributed by atoms with E-state index in [0.29, 0.717) is 22.8 Å². The summed E-state index contributed by atoms with van der Waals surface area (Å²) in [4.78, 5) is 34.6. The van der Waals surface area contributed by atoms with Crippen molar-refractivity contribution in [2.45, 2.75) is 52.2 Å². The van der Waals surface area contributed by atoms with Crippen molar-refractivity contribution in [2.75, 3.05) is 11.9 Å². The van der Waals surface area contributed by atoms with Gasteiger partial charge in [0.25, 0.3) is 11.1 Å². The first-order valence-corrected chi connectivity index (χ1v) is 12.0. The summed E-state index contributed by atoms with van der Waals surface area (Å²) in [6, 6.07) is 9.15. The first-order valence-electron chi connectivity index (χ1n) is 12.0. The smallest absolute Gasteiger partial charge is 0.278 e. The maximum Gasteiger partial charge on any atom is 0.278 e. The number of hydrogen-bond donors (Lipinski definition) is 2. The Morgan fingerprint density at radius 1 is 1.22 bits per heavy atom. The van der Waals surface area contributed by atoms with Crippen molar-refractivity contribution in [1.29, 1.82) is 0 Å². The highest BCUT2D eigenvalue weighted by Crippen LogP contribution is 2.32. The second-order valence-electron chi connectivity index (χ2n) is 9.97. The predicted molar refractivity (Wildman–Crippen MR) is 140 cm³/mol. The molecule has 0 bridgehead atoms. The number of allylic oxidation sites excluding steroid dienone is 1. The number of hydrogen-bond acceptors (Lipinski definition) is 7. The Bertz CT molecular complexity index is 1590. The number of aromatic nitrogens is 6. The van der Waals surface area contributed by atoms with Crippen molar-refractivity contribution in [3.8, 4) is 5.82 Å². The molecule has 0 atom stereocenters. The van der Waals surface area contributed by atoms with Gasteiger partial charge in [-0.1, -0.05) is 26.0 Å². The van der Waals surface area contributed by atoms with Crippen molar-refractivity contribution in [3.63, 3.8) is 0 Å². The van der Waals surface area contributed by atoms with Crippen LogP contribution < -0.4 is 21.8 Å². The van der Waals surface area contributed by atoms with Crippen LogP contribution >= 0.6 is 0 Å². The fraction of sp³-hybridized carbons (Fsp3) is 0.346. The second kappa shape index (κ2) is 8.87. The average Bonchev–Trinajstić information content (AvgIpc) is 3.11. The monoisotopic (exact) mass is 486 g/mol. The Morgan fingerprint density at radius 2 is 2.03 bits per heavy atom. The first kappa shape index (κ1) is 23.7. The van der Waals surface area contributed by atoms with Gasteiger partial charge in [-0.25, -0.2) is 19.0 Å². The zero-order valence-corrected chi connectivity index (χ0v) is 20.9. The second-order valence-corrected chi connectivity index (χ2v) is 9.97. The van der Waals surface area contributed by atoms with Gasteiger partial charge in [-0.3, -0.25) is 9.59 Å². The molecule has 0 saturated carbocycles. The number of benzene rings is 1. The lowest BCUT2D eigenvalue weighted by atomic mass is 9.79. The van der Waals surface area contributed by atoms with Gasteiger partial charge in [-0.15, -0.1) is 11.7 Å². The molecule has 0 saturated heterocycles. The normalized spacial score (nSPS) is 14.7. The first-order chi connectivity index (χ1) is 17.2. The molecule has 10 heteroatoms. The van der Waals surface area contributed by atoms with Crippen LogP contribution in [0.3, 0.4) is 0 Å². The van der Waals surface area contributed by atoms with Crippen LogP contribution in [0.1, 0.15) is 44.9 Å². The molecule has 0 radical (unpaired) electrons. The van der Waals surface area contributed by atoms with E-state index in [0.717, 1.165) is 18.8 Å². The number of nitrogens with zero attached hydrogens (tertiary/aromatic N) is 6. The van der Waals surface area contributed by atoms with Gasteiger partial charge in [0, 0.05) is 36.5 Å². The Kier molecular flexibility index (Phi) is 5.83. The molecule has 36 heavy (non-hydrogen) atoms. The molecule has 0 aliphatic carbocycles. The summed E-state index contributed by atoms with van der Waals surface area (Å²) in [5.74, 6) is 0.765. The molecular formula is C26H30N8O2. The molecule has 10 nitrogen and oxygen atoms in total. The standard InChI is InChI=1S/C26H30N8O2/c1-6-11-32-24(36)19-14-28-25(29-18-8-7-17-13-27-15-26(4,5)20(17)12-18)30-23(19)34(32)21-9-10-22(35)33(31-21)16(2)3/h6-10,12,14,16,27H,1,11,13,15H2,2-5H3,(H,28,29,30). The van der Waals surface area contributed by atoms with Crippen molar-refractivity contribution in [3.05, 3.63) is 81.0 Å². The lowest BCUT2D eigenvalue weighted by molar-refractivity contribution is 0.435. The minimum Gasteiger partial charge on any atom is -0.324 e. The summed E-state index contributed by atoms with van der Waals surface area (Å²) in [6.07, 6.45) is 3.15. The van der Waals surface area contributed by atoms with Gasteiger partial charge in [0.15, 0.2) is 11.5 Å². The summed E-state index contributed by atoms with van der Waals surface area (Å²) in [5, 5.41) is 11.6. The van der Waals surface area contributed by atoms with Crippen LogP contribution in [-0.4, -0.2) is 35.7 Å². The van der Waals surface area contributed by atoms with Crippen molar-refractivity contribution in [2.24, 2.45) is 0 Å². The quantitative estimate of drug-likeness (QED) is 0.403. The minimum atomic E-state index is -0.261. The van der Waals surface area contributed by atoms with Crippen molar-refractivity contribution in [1.82, 2.24) is 34.4 Å². The highest BCUT2D eigenvalue weighted by molar-refractivity contribution is 5.77. The van der Waals surface area contributed by atoms with E-state index in [2.05, 4.69) is 53.3 Å². The summed E-state index contributed by atoms with van der Waals surface area (Å²) in [5.41, 5.74) is 3.34. The molecule has 0 fully saturated rings. The van der Waals surface area contributed by atoms with Gasteiger partial charge in [-0.05, 0) is 43.2 Å². The van der Waals surface area contributed by atoms with Crippen LogP contribution in [0.5, 0.6) is 0 Å². The highest BCUT2D eigenvalue weighted by Gasteiger charge is 2.27. The van der Waals surface area contributed by atoms with Crippen molar-refractivity contribution >= 4 is 22.7 Å². The molecule has 0 amide bonds. The summed E-state index contributed by atoms with van der Waals surface area (Å²) in [7, 11) is 0. The molecule has 3 aromatic heterocycles. The third kappa shape index (κ3) is 4.03. The molecule has 0 spiro atoms. The Morgan fingerprint density at radius 3 is 2.78 bits per heavy atom. The van der Waals surface area contributed by atoms with E-state index in [1.807, 2.05) is 19.9 Å². The Labute approximate surface area is 208 Å². The fourth-order valence-electron chi connectivity index (χ4n) is 4.68. The van der Waals surface area contributed by atoms with Crippen LogP contribution in [0.2, 0.25) is 0 Å². The minimum absolute atomic E-state index is 0.00363. The van der Waals surface area contributed by atoms with E-state index in [4.69, 9.17) is 4.98 Å². The third-order valence-corrected chi connectivity index (χ3v) is 6.47. The summed E-state index contributed by atoms with van der Waals surface area (Å²) in [6.45, 7) is 14.0. The predicted octanol–water partition coefficient (Wildman–Crippen LogP) is 3.03. The van der Waals surface area contributed by atoms with Crippen LogP contribution in [-0.2, 0) is 18.5 Å². The van der Waals surface area contributed by atoms with E-state index >= 15 is 0 Å². The van der Waals surface area contributed by atoms with E-state index in [9.17, 15) is 9.59 Å². The molecule has 5 rings (SSSR count). The van der Waals surface area contributed by atoms with Gasteiger partial charge in [0.05, 0.1) is 12.6 Å². The van der Waals surface area contributed by atoms with E-state index in [1.165, 1.54) is 32.8 Å². The lowest BCUT2D eigenvalue weighted by Crippen LogP contribution is -2.38. The van der Waals surface area contributed by atoms with Gasteiger partial charge in [-0.2, -0.15) is 4.98 Å². The number of nitrogens with one attached hydrogen (secondary N) is 2. The number of anilines is 2.